The number of aliphatic hydroxyl groups is 2. The van der Waals surface area contributed by atoms with Gasteiger partial charge in [-0.3, -0.25) is 4.79 Å². The summed E-state index contributed by atoms with van der Waals surface area (Å²) in [5.74, 6) is -0.718. The number of aliphatic hydroxyl groups excluding tert-OH is 2. The molecule has 94 valence electrons. The van der Waals surface area contributed by atoms with E-state index in [2.05, 4.69) is 0 Å². The molecule has 0 spiro atoms. The summed E-state index contributed by atoms with van der Waals surface area (Å²) in [6.45, 7) is 0. The average molecular weight is 279 g/mol. The van der Waals surface area contributed by atoms with Crippen molar-refractivity contribution in [1.29, 1.82) is 0 Å². The first-order valence-electron chi connectivity index (χ1n) is 4.71. The second-order valence-electron chi connectivity index (χ2n) is 3.58. The molecule has 5 nitrogen and oxygen atoms in total. The lowest BCUT2D eigenvalue weighted by molar-refractivity contribution is -0.121. The van der Waals surface area contributed by atoms with Crippen LogP contribution >= 0.6 is 23.2 Å². The molecule has 0 heterocycles. The van der Waals surface area contributed by atoms with E-state index in [4.69, 9.17) is 34.7 Å². The summed E-state index contributed by atoms with van der Waals surface area (Å²) >= 11 is 11.6. The molecular weight excluding hydrogens is 267 g/mol. The Morgan fingerprint density at radius 1 is 1.29 bits per heavy atom. The molecule has 1 aromatic carbocycles. The number of primary amides is 1. The highest BCUT2D eigenvalue weighted by Crippen LogP contribution is 2.32. The van der Waals surface area contributed by atoms with Crippen molar-refractivity contribution in [1.82, 2.24) is 0 Å². The van der Waals surface area contributed by atoms with Crippen LogP contribution in [0.3, 0.4) is 0 Å². The lowest BCUT2D eigenvalue weighted by atomic mass is 10.0. The highest BCUT2D eigenvalue weighted by atomic mass is 35.5. The fourth-order valence-electron chi connectivity index (χ4n) is 1.31. The lowest BCUT2D eigenvalue weighted by Crippen LogP contribution is -2.25. The number of benzene rings is 1. The molecule has 1 amide bonds. The van der Waals surface area contributed by atoms with Crippen LogP contribution in [0.2, 0.25) is 10.0 Å². The summed E-state index contributed by atoms with van der Waals surface area (Å²) < 4.78 is 0. The Morgan fingerprint density at radius 3 is 2.18 bits per heavy atom. The Labute approximate surface area is 108 Å². The molecule has 0 saturated carbocycles. The zero-order valence-electron chi connectivity index (χ0n) is 8.73. The van der Waals surface area contributed by atoms with E-state index in [0.29, 0.717) is 0 Å². The normalized spacial score (nSPS) is 14.4. The minimum absolute atomic E-state index is 0.165. The van der Waals surface area contributed by atoms with E-state index >= 15 is 0 Å². The van der Waals surface area contributed by atoms with Gasteiger partial charge in [-0.25, -0.2) is 0 Å². The molecule has 0 radical (unpaired) electrons. The van der Waals surface area contributed by atoms with Gasteiger partial charge in [0.2, 0.25) is 5.91 Å². The molecule has 17 heavy (non-hydrogen) atoms. The number of amides is 1. The summed E-state index contributed by atoms with van der Waals surface area (Å²) in [4.78, 5) is 10.6. The van der Waals surface area contributed by atoms with E-state index in [9.17, 15) is 15.0 Å². The van der Waals surface area contributed by atoms with Gasteiger partial charge in [0.1, 0.15) is 6.10 Å². The number of nitrogens with two attached hydrogens (primary N) is 2. The van der Waals surface area contributed by atoms with Gasteiger partial charge in [0, 0.05) is 0 Å². The molecule has 2 atom stereocenters. The Morgan fingerprint density at radius 2 is 1.76 bits per heavy atom. The summed E-state index contributed by atoms with van der Waals surface area (Å²) in [6, 6.07) is 2.75. The lowest BCUT2D eigenvalue weighted by Gasteiger charge is -2.18. The van der Waals surface area contributed by atoms with Gasteiger partial charge < -0.3 is 21.7 Å². The second kappa shape index (κ2) is 5.55. The van der Waals surface area contributed by atoms with Gasteiger partial charge in [0.15, 0.2) is 0 Å². The zero-order valence-corrected chi connectivity index (χ0v) is 10.2. The van der Waals surface area contributed by atoms with Crippen LogP contribution in [-0.4, -0.2) is 22.2 Å². The quantitative estimate of drug-likeness (QED) is 0.612. The maximum Gasteiger partial charge on any atom is 0.220 e. The molecule has 7 heteroatoms. The molecule has 0 saturated heterocycles. The number of anilines is 1. The van der Waals surface area contributed by atoms with Gasteiger partial charge in [0.05, 0.1) is 28.3 Å². The van der Waals surface area contributed by atoms with Crippen molar-refractivity contribution in [3.05, 3.63) is 27.7 Å². The monoisotopic (exact) mass is 278 g/mol. The fourth-order valence-corrected chi connectivity index (χ4v) is 1.82. The van der Waals surface area contributed by atoms with Crippen LogP contribution < -0.4 is 11.5 Å². The van der Waals surface area contributed by atoms with Gasteiger partial charge in [-0.15, -0.1) is 0 Å². The number of carbonyl (C=O) groups excluding carboxylic acids is 1. The van der Waals surface area contributed by atoms with Gasteiger partial charge >= 0.3 is 0 Å². The predicted molar refractivity (Wildman–Crippen MR) is 65.7 cm³/mol. The molecule has 6 N–H and O–H groups in total. The second-order valence-corrected chi connectivity index (χ2v) is 4.40. The first-order valence-corrected chi connectivity index (χ1v) is 5.47. The molecule has 2 unspecified atom stereocenters. The van der Waals surface area contributed by atoms with Crippen LogP contribution in [-0.2, 0) is 4.79 Å². The standard InChI is InChI=1S/C10H12Cl2N2O3/c11-5-1-4(2-6(12)9(5)14)10(17)7(15)3-8(13)16/h1-2,7,10,15,17H,3,14H2,(H2,13,16). The highest BCUT2D eigenvalue weighted by molar-refractivity contribution is 6.38. The van der Waals surface area contributed by atoms with E-state index in [1.807, 2.05) is 0 Å². The SMILES string of the molecule is NC(=O)CC(O)C(O)c1cc(Cl)c(N)c(Cl)c1. The number of carbonyl (C=O) groups is 1. The third kappa shape index (κ3) is 3.47. The Bertz CT molecular complexity index is 417. The third-order valence-corrected chi connectivity index (χ3v) is 2.84. The molecule has 0 aliphatic rings. The minimum Gasteiger partial charge on any atom is -0.396 e. The van der Waals surface area contributed by atoms with E-state index in [1.165, 1.54) is 12.1 Å². The summed E-state index contributed by atoms with van der Waals surface area (Å²) in [6.07, 6.45) is -2.98. The fraction of sp³-hybridized carbons (Fsp3) is 0.300. The van der Waals surface area contributed by atoms with E-state index in [1.54, 1.807) is 0 Å². The molecule has 0 aromatic heterocycles. The molecule has 0 fully saturated rings. The van der Waals surface area contributed by atoms with Crippen molar-refractivity contribution in [2.45, 2.75) is 18.6 Å². The van der Waals surface area contributed by atoms with Crippen LogP contribution in [0.15, 0.2) is 12.1 Å². The van der Waals surface area contributed by atoms with E-state index in [0.717, 1.165) is 0 Å². The van der Waals surface area contributed by atoms with Gasteiger partial charge in [-0.05, 0) is 17.7 Å². The highest BCUT2D eigenvalue weighted by Gasteiger charge is 2.21. The number of halogens is 2. The maximum atomic E-state index is 10.6. The summed E-state index contributed by atoms with van der Waals surface area (Å²) in [5.41, 5.74) is 10.9. The number of hydrogen-bond donors (Lipinski definition) is 4. The van der Waals surface area contributed by atoms with Crippen molar-refractivity contribution < 1.29 is 15.0 Å². The molecule has 0 aliphatic carbocycles. The summed E-state index contributed by atoms with van der Waals surface area (Å²) in [7, 11) is 0. The smallest absolute Gasteiger partial charge is 0.220 e. The van der Waals surface area contributed by atoms with Crippen molar-refractivity contribution in [3.63, 3.8) is 0 Å². The average Bonchev–Trinajstić information content (AvgIpc) is 2.23. The van der Waals surface area contributed by atoms with Crippen LogP contribution in [0.4, 0.5) is 5.69 Å². The minimum atomic E-state index is -1.32. The van der Waals surface area contributed by atoms with Crippen LogP contribution in [0.5, 0.6) is 0 Å². The van der Waals surface area contributed by atoms with Gasteiger partial charge in [-0.1, -0.05) is 23.2 Å². The molecule has 0 bridgehead atoms. The Hall–Kier alpha value is -1.01. The molecule has 0 aliphatic heterocycles. The maximum absolute atomic E-state index is 10.6. The molecular formula is C10H12Cl2N2O3. The van der Waals surface area contributed by atoms with Crippen LogP contribution in [0.25, 0.3) is 0 Å². The van der Waals surface area contributed by atoms with E-state index < -0.39 is 18.1 Å². The Kier molecular flexibility index (Phi) is 4.59. The third-order valence-electron chi connectivity index (χ3n) is 2.22. The summed E-state index contributed by atoms with van der Waals surface area (Å²) in [5, 5.41) is 19.6. The van der Waals surface area contributed by atoms with Crippen molar-refractivity contribution in [2.24, 2.45) is 5.73 Å². The van der Waals surface area contributed by atoms with Crippen molar-refractivity contribution >= 4 is 34.8 Å². The topological polar surface area (TPSA) is 110 Å². The van der Waals surface area contributed by atoms with E-state index in [-0.39, 0.29) is 27.7 Å². The van der Waals surface area contributed by atoms with Gasteiger partial charge in [0.25, 0.3) is 0 Å². The van der Waals surface area contributed by atoms with Crippen molar-refractivity contribution in [2.75, 3.05) is 5.73 Å². The first kappa shape index (κ1) is 14.1. The number of nitrogen functional groups attached to an aromatic ring is 1. The predicted octanol–water partition coefficient (Wildman–Crippen LogP) is 0.845. The molecule has 1 rings (SSSR count). The first-order chi connectivity index (χ1) is 7.82. The number of rotatable bonds is 4. The Balaban J connectivity index is 2.96. The van der Waals surface area contributed by atoms with Crippen molar-refractivity contribution in [3.8, 4) is 0 Å². The van der Waals surface area contributed by atoms with Crippen LogP contribution in [0.1, 0.15) is 18.1 Å². The number of hydrogen-bond acceptors (Lipinski definition) is 4. The largest absolute Gasteiger partial charge is 0.396 e. The van der Waals surface area contributed by atoms with Crippen LogP contribution in [0, 0.1) is 0 Å². The molecule has 1 aromatic rings. The van der Waals surface area contributed by atoms with Gasteiger partial charge in [-0.2, -0.15) is 0 Å². The zero-order chi connectivity index (χ0) is 13.2.